The number of hydrogen-bond donors (Lipinski definition) is 4. The zero-order chi connectivity index (χ0) is 14.4. The Morgan fingerprint density at radius 3 is 2.53 bits per heavy atom. The molecule has 1 aromatic heterocycles. The van der Waals surface area contributed by atoms with Crippen molar-refractivity contribution in [1.29, 1.82) is 0 Å². The minimum atomic E-state index is -0.946. The first-order valence-corrected chi connectivity index (χ1v) is 6.03. The van der Waals surface area contributed by atoms with Crippen molar-refractivity contribution in [3.63, 3.8) is 0 Å². The van der Waals surface area contributed by atoms with Crippen molar-refractivity contribution < 1.29 is 9.52 Å². The van der Waals surface area contributed by atoms with Crippen LogP contribution in [0.3, 0.4) is 0 Å². The summed E-state index contributed by atoms with van der Waals surface area (Å²) in [6, 6.07) is 3.28. The molecule has 0 aliphatic heterocycles. The monoisotopic (exact) mass is 265 g/mol. The first-order chi connectivity index (χ1) is 8.60. The molecule has 0 atom stereocenters. The van der Waals surface area contributed by atoms with Crippen LogP contribution in [0.4, 0.5) is 11.4 Å². The predicted molar refractivity (Wildman–Crippen MR) is 75.2 cm³/mol. The lowest BCUT2D eigenvalue weighted by molar-refractivity contribution is 0.0241. The standard InChI is InChI=1S/C13H19N3O3/c1-12(2,13(3,4)18)16-8-6-9-10(5-7(8)14)19-11(17)15-9/h5-6,16,18H,14H2,1-4H3,(H,15,17). The van der Waals surface area contributed by atoms with Crippen LogP contribution < -0.4 is 16.8 Å². The highest BCUT2D eigenvalue weighted by atomic mass is 16.4. The van der Waals surface area contributed by atoms with Crippen LogP contribution in [0.15, 0.2) is 21.3 Å². The van der Waals surface area contributed by atoms with Gasteiger partial charge in [-0.3, -0.25) is 4.98 Å². The van der Waals surface area contributed by atoms with E-state index in [1.165, 1.54) is 0 Å². The molecule has 1 heterocycles. The zero-order valence-corrected chi connectivity index (χ0v) is 11.5. The van der Waals surface area contributed by atoms with Crippen LogP contribution >= 0.6 is 0 Å². The van der Waals surface area contributed by atoms with E-state index in [1.54, 1.807) is 26.0 Å². The Bertz CT molecular complexity index is 662. The predicted octanol–water partition coefficient (Wildman–Crippen LogP) is 1.66. The summed E-state index contributed by atoms with van der Waals surface area (Å²) < 4.78 is 4.93. The number of nitrogen functional groups attached to an aromatic ring is 1. The maximum absolute atomic E-state index is 11.1. The molecular formula is C13H19N3O3. The van der Waals surface area contributed by atoms with Crippen LogP contribution in [-0.2, 0) is 0 Å². The minimum Gasteiger partial charge on any atom is -0.408 e. The molecule has 19 heavy (non-hydrogen) atoms. The summed E-state index contributed by atoms with van der Waals surface area (Å²) in [6.07, 6.45) is 0. The fourth-order valence-electron chi connectivity index (χ4n) is 1.61. The van der Waals surface area contributed by atoms with Gasteiger partial charge in [0.2, 0.25) is 0 Å². The highest BCUT2D eigenvalue weighted by Gasteiger charge is 2.35. The van der Waals surface area contributed by atoms with Crippen LogP contribution in [-0.4, -0.2) is 21.2 Å². The van der Waals surface area contributed by atoms with E-state index in [9.17, 15) is 9.90 Å². The summed E-state index contributed by atoms with van der Waals surface area (Å²) in [6.45, 7) is 7.17. The molecule has 0 aliphatic carbocycles. The van der Waals surface area contributed by atoms with Crippen LogP contribution in [0, 0.1) is 0 Å². The quantitative estimate of drug-likeness (QED) is 0.632. The lowest BCUT2D eigenvalue weighted by atomic mass is 9.85. The van der Waals surface area contributed by atoms with E-state index in [0.29, 0.717) is 22.5 Å². The number of oxazole rings is 1. The average molecular weight is 265 g/mol. The molecule has 104 valence electrons. The van der Waals surface area contributed by atoms with Crippen LogP contribution in [0.5, 0.6) is 0 Å². The van der Waals surface area contributed by atoms with E-state index in [4.69, 9.17) is 10.2 Å². The number of aromatic amines is 1. The molecule has 0 fully saturated rings. The van der Waals surface area contributed by atoms with Gasteiger partial charge in [0, 0.05) is 6.07 Å². The van der Waals surface area contributed by atoms with Gasteiger partial charge < -0.3 is 20.6 Å². The number of aromatic nitrogens is 1. The second-order valence-corrected chi connectivity index (χ2v) is 5.76. The molecule has 0 radical (unpaired) electrons. The van der Waals surface area contributed by atoms with Crippen molar-refractivity contribution in [2.24, 2.45) is 0 Å². The van der Waals surface area contributed by atoms with Gasteiger partial charge in [0.15, 0.2) is 5.58 Å². The van der Waals surface area contributed by atoms with E-state index in [-0.39, 0.29) is 0 Å². The summed E-state index contributed by atoms with van der Waals surface area (Å²) in [7, 11) is 0. The molecule has 0 bridgehead atoms. The number of nitrogens with one attached hydrogen (secondary N) is 2. The van der Waals surface area contributed by atoms with Crippen LogP contribution in [0.1, 0.15) is 27.7 Å². The van der Waals surface area contributed by atoms with Gasteiger partial charge in [0.05, 0.1) is 28.0 Å². The molecule has 6 heteroatoms. The lowest BCUT2D eigenvalue weighted by Crippen LogP contribution is -2.51. The Morgan fingerprint density at radius 1 is 1.32 bits per heavy atom. The highest BCUT2D eigenvalue weighted by Crippen LogP contribution is 2.31. The summed E-state index contributed by atoms with van der Waals surface area (Å²) in [4.78, 5) is 13.7. The van der Waals surface area contributed by atoms with E-state index in [2.05, 4.69) is 10.3 Å². The number of aliphatic hydroxyl groups is 1. The van der Waals surface area contributed by atoms with Gasteiger partial charge in [-0.05, 0) is 33.8 Å². The molecule has 2 aromatic rings. The topological polar surface area (TPSA) is 104 Å². The molecule has 5 N–H and O–H groups in total. The molecular weight excluding hydrogens is 246 g/mol. The van der Waals surface area contributed by atoms with Crippen molar-refractivity contribution in [2.45, 2.75) is 38.8 Å². The summed E-state index contributed by atoms with van der Waals surface area (Å²) in [5.74, 6) is -0.520. The average Bonchev–Trinajstić information content (AvgIpc) is 2.55. The molecule has 6 nitrogen and oxygen atoms in total. The zero-order valence-electron chi connectivity index (χ0n) is 11.5. The van der Waals surface area contributed by atoms with Crippen molar-refractivity contribution in [1.82, 2.24) is 4.98 Å². The number of nitrogens with two attached hydrogens (primary N) is 1. The SMILES string of the molecule is CC(C)(O)C(C)(C)Nc1cc2[nH]c(=O)oc2cc1N. The minimum absolute atomic E-state index is 0.411. The normalized spacial score (nSPS) is 12.9. The van der Waals surface area contributed by atoms with Crippen molar-refractivity contribution in [3.8, 4) is 0 Å². The maximum atomic E-state index is 11.1. The van der Waals surface area contributed by atoms with Crippen LogP contribution in [0.25, 0.3) is 11.1 Å². The fraction of sp³-hybridized carbons (Fsp3) is 0.462. The van der Waals surface area contributed by atoms with Gasteiger partial charge in [0.25, 0.3) is 0 Å². The number of benzene rings is 1. The van der Waals surface area contributed by atoms with Crippen molar-refractivity contribution in [2.75, 3.05) is 11.1 Å². The number of rotatable bonds is 3. The number of anilines is 2. The molecule has 0 saturated carbocycles. The van der Waals surface area contributed by atoms with Crippen LogP contribution in [0.2, 0.25) is 0 Å². The molecule has 0 spiro atoms. The van der Waals surface area contributed by atoms with Gasteiger partial charge in [-0.25, -0.2) is 4.79 Å². The first kappa shape index (κ1) is 13.5. The first-order valence-electron chi connectivity index (χ1n) is 6.03. The highest BCUT2D eigenvalue weighted by molar-refractivity contribution is 5.85. The third kappa shape index (κ3) is 2.44. The number of hydrogen-bond acceptors (Lipinski definition) is 5. The number of H-pyrrole nitrogens is 1. The molecule has 0 aliphatic rings. The van der Waals surface area contributed by atoms with E-state index in [0.717, 1.165) is 0 Å². The Balaban J connectivity index is 2.46. The Morgan fingerprint density at radius 2 is 1.95 bits per heavy atom. The third-order valence-corrected chi connectivity index (χ3v) is 3.57. The summed E-state index contributed by atoms with van der Waals surface area (Å²) >= 11 is 0. The lowest BCUT2D eigenvalue weighted by Gasteiger charge is -2.39. The Kier molecular flexibility index (Phi) is 2.86. The fourth-order valence-corrected chi connectivity index (χ4v) is 1.61. The van der Waals surface area contributed by atoms with Crippen molar-refractivity contribution >= 4 is 22.5 Å². The van der Waals surface area contributed by atoms with Gasteiger partial charge in [0.1, 0.15) is 0 Å². The van der Waals surface area contributed by atoms with Gasteiger partial charge >= 0.3 is 5.76 Å². The third-order valence-electron chi connectivity index (χ3n) is 3.57. The molecule has 2 rings (SSSR count). The largest absolute Gasteiger partial charge is 0.417 e. The molecule has 1 aromatic carbocycles. The second-order valence-electron chi connectivity index (χ2n) is 5.76. The van der Waals surface area contributed by atoms with E-state index in [1.807, 2.05) is 13.8 Å². The summed E-state index contributed by atoms with van der Waals surface area (Å²) in [5.41, 5.74) is 6.44. The van der Waals surface area contributed by atoms with Gasteiger partial charge in [-0.2, -0.15) is 0 Å². The van der Waals surface area contributed by atoms with Gasteiger partial charge in [-0.1, -0.05) is 0 Å². The van der Waals surface area contributed by atoms with Crippen molar-refractivity contribution in [3.05, 3.63) is 22.7 Å². The summed E-state index contributed by atoms with van der Waals surface area (Å²) in [5, 5.41) is 13.3. The van der Waals surface area contributed by atoms with E-state index < -0.39 is 16.9 Å². The smallest absolute Gasteiger partial charge is 0.408 e. The Labute approximate surface area is 110 Å². The molecule has 0 amide bonds. The molecule has 0 saturated heterocycles. The van der Waals surface area contributed by atoms with Gasteiger partial charge in [-0.15, -0.1) is 0 Å². The maximum Gasteiger partial charge on any atom is 0.417 e. The second kappa shape index (κ2) is 4.03. The molecule has 0 unspecified atom stereocenters. The number of fused-ring (bicyclic) bond motifs is 1. The van der Waals surface area contributed by atoms with E-state index >= 15 is 0 Å². The Hall–Kier alpha value is -1.95.